The molecule has 0 aliphatic carbocycles. The molecule has 0 unspecified atom stereocenters. The molecule has 2 aromatic carbocycles. The van der Waals surface area contributed by atoms with Gasteiger partial charge in [-0.15, -0.1) is 0 Å². The number of hydrogen-bond acceptors (Lipinski definition) is 4. The van der Waals surface area contributed by atoms with E-state index in [1.54, 1.807) is 31.2 Å². The lowest BCUT2D eigenvalue weighted by Gasteiger charge is -2.11. The van der Waals surface area contributed by atoms with E-state index in [1.807, 2.05) is 30.3 Å². The van der Waals surface area contributed by atoms with E-state index in [2.05, 4.69) is 5.32 Å². The number of nitro groups is 1. The van der Waals surface area contributed by atoms with Gasteiger partial charge in [-0.1, -0.05) is 36.4 Å². The van der Waals surface area contributed by atoms with Crippen LogP contribution in [0.1, 0.15) is 16.9 Å². The predicted molar refractivity (Wildman–Crippen MR) is 99.5 cm³/mol. The third kappa shape index (κ3) is 3.87. The molecule has 6 nitrogen and oxygen atoms in total. The lowest BCUT2D eigenvalue weighted by Crippen LogP contribution is -2.14. The maximum absolute atomic E-state index is 12.9. The van der Waals surface area contributed by atoms with E-state index in [9.17, 15) is 14.9 Å². The van der Waals surface area contributed by atoms with Crippen LogP contribution in [0.25, 0.3) is 11.6 Å². The second-order valence-electron chi connectivity index (χ2n) is 5.65. The van der Waals surface area contributed by atoms with Crippen LogP contribution in [0.3, 0.4) is 0 Å². The molecule has 1 aromatic heterocycles. The molecule has 26 heavy (non-hydrogen) atoms. The summed E-state index contributed by atoms with van der Waals surface area (Å²) in [7, 11) is 0. The maximum Gasteiger partial charge on any atom is 0.271 e. The largest absolute Gasteiger partial charge is 0.465 e. The fourth-order valence-electron chi connectivity index (χ4n) is 2.46. The van der Waals surface area contributed by atoms with Crippen molar-refractivity contribution in [3.63, 3.8) is 0 Å². The van der Waals surface area contributed by atoms with E-state index >= 15 is 0 Å². The Hall–Kier alpha value is -3.67. The average molecular weight is 348 g/mol. The smallest absolute Gasteiger partial charge is 0.271 e. The molecule has 3 aromatic rings. The highest BCUT2D eigenvalue weighted by Crippen LogP contribution is 2.25. The summed E-state index contributed by atoms with van der Waals surface area (Å²) in [5.41, 5.74) is 2.15. The maximum atomic E-state index is 12.9. The molecule has 0 fully saturated rings. The summed E-state index contributed by atoms with van der Waals surface area (Å²) in [5.74, 6) is 0.158. The molecule has 0 saturated heterocycles. The molecule has 1 heterocycles. The van der Waals surface area contributed by atoms with Crippen molar-refractivity contribution in [1.82, 2.24) is 0 Å². The Morgan fingerprint density at radius 3 is 2.54 bits per heavy atom. The number of furan rings is 1. The van der Waals surface area contributed by atoms with Gasteiger partial charge in [-0.3, -0.25) is 14.9 Å². The quantitative estimate of drug-likeness (QED) is 0.412. The number of nitrogens with zero attached hydrogens (tertiary/aromatic N) is 1. The number of carbonyl (C=O) groups is 1. The molecule has 0 bridgehead atoms. The number of amides is 1. The van der Waals surface area contributed by atoms with E-state index < -0.39 is 4.92 Å². The number of anilines is 1. The van der Waals surface area contributed by atoms with Crippen LogP contribution < -0.4 is 5.32 Å². The second-order valence-corrected chi connectivity index (χ2v) is 5.65. The molecular formula is C20H16N2O4. The number of hydrogen-bond donors (Lipinski definition) is 1. The zero-order valence-corrected chi connectivity index (χ0v) is 14.0. The van der Waals surface area contributed by atoms with Gasteiger partial charge in [-0.25, -0.2) is 0 Å². The van der Waals surface area contributed by atoms with E-state index in [0.717, 1.165) is 5.56 Å². The van der Waals surface area contributed by atoms with Crippen molar-refractivity contribution < 1.29 is 14.1 Å². The summed E-state index contributed by atoms with van der Waals surface area (Å²) in [4.78, 5) is 23.4. The zero-order valence-electron chi connectivity index (χ0n) is 14.0. The standard InChI is InChI=1S/C20H16N2O4/c1-14-9-10-16(22(24)25)12-19(14)21-20(23)18(13-17-8-5-11-26-17)15-6-3-2-4-7-15/h2-13H,1H3,(H,21,23)/b18-13+. The molecule has 0 atom stereocenters. The molecular weight excluding hydrogens is 332 g/mol. The second kappa shape index (κ2) is 7.48. The van der Waals surface area contributed by atoms with Crippen LogP contribution in [0.4, 0.5) is 11.4 Å². The first-order valence-corrected chi connectivity index (χ1v) is 7.91. The van der Waals surface area contributed by atoms with E-state index in [4.69, 9.17) is 4.42 Å². The fourth-order valence-corrected chi connectivity index (χ4v) is 2.46. The summed E-state index contributed by atoms with van der Waals surface area (Å²) >= 11 is 0. The molecule has 0 aliphatic rings. The van der Waals surface area contributed by atoms with Gasteiger partial charge in [0.25, 0.3) is 11.6 Å². The first kappa shape index (κ1) is 17.2. The van der Waals surface area contributed by atoms with Crippen LogP contribution in [-0.4, -0.2) is 10.8 Å². The Labute approximate surface area is 149 Å². The third-order valence-electron chi connectivity index (χ3n) is 3.84. The highest BCUT2D eigenvalue weighted by atomic mass is 16.6. The van der Waals surface area contributed by atoms with Gasteiger partial charge in [0.1, 0.15) is 5.76 Å². The van der Waals surface area contributed by atoms with Crippen molar-refractivity contribution >= 4 is 28.9 Å². The molecule has 130 valence electrons. The first-order chi connectivity index (χ1) is 12.5. The molecule has 1 N–H and O–H groups in total. The van der Waals surface area contributed by atoms with E-state index in [0.29, 0.717) is 22.6 Å². The van der Waals surface area contributed by atoms with Crippen molar-refractivity contribution in [2.75, 3.05) is 5.32 Å². The van der Waals surface area contributed by atoms with Gasteiger partial charge < -0.3 is 9.73 Å². The minimum absolute atomic E-state index is 0.0813. The number of carbonyl (C=O) groups excluding carboxylic acids is 1. The SMILES string of the molecule is Cc1ccc([N+](=O)[O-])cc1NC(=O)/C(=C/c1ccco1)c1ccccc1. The number of nitro benzene ring substituents is 1. The van der Waals surface area contributed by atoms with Crippen LogP contribution >= 0.6 is 0 Å². The van der Waals surface area contributed by atoms with E-state index in [1.165, 1.54) is 18.4 Å². The van der Waals surface area contributed by atoms with Crippen molar-refractivity contribution in [1.29, 1.82) is 0 Å². The lowest BCUT2D eigenvalue weighted by molar-refractivity contribution is -0.384. The number of aryl methyl sites for hydroxylation is 1. The van der Waals surface area contributed by atoms with Gasteiger partial charge in [-0.05, 0) is 36.3 Å². The van der Waals surface area contributed by atoms with Gasteiger partial charge in [0, 0.05) is 12.1 Å². The molecule has 0 aliphatic heterocycles. The number of benzene rings is 2. The molecule has 0 radical (unpaired) electrons. The van der Waals surface area contributed by atoms with Crippen LogP contribution in [0.15, 0.2) is 71.3 Å². The Balaban J connectivity index is 1.97. The molecule has 0 spiro atoms. The average Bonchev–Trinajstić information content (AvgIpc) is 3.15. The Kier molecular flexibility index (Phi) is 4.94. The molecule has 1 amide bonds. The summed E-state index contributed by atoms with van der Waals surface area (Å²) in [6.45, 7) is 1.78. The Bertz CT molecular complexity index is 961. The third-order valence-corrected chi connectivity index (χ3v) is 3.84. The van der Waals surface area contributed by atoms with Crippen molar-refractivity contribution in [2.45, 2.75) is 6.92 Å². The topological polar surface area (TPSA) is 85.4 Å². The van der Waals surface area contributed by atoms with Gasteiger partial charge in [0.2, 0.25) is 0 Å². The van der Waals surface area contributed by atoms with Gasteiger partial charge in [-0.2, -0.15) is 0 Å². The van der Waals surface area contributed by atoms with Crippen molar-refractivity contribution in [3.05, 3.63) is 93.9 Å². The summed E-state index contributed by atoms with van der Waals surface area (Å²) in [5, 5.41) is 13.7. The summed E-state index contributed by atoms with van der Waals surface area (Å²) in [6.07, 6.45) is 3.16. The normalized spacial score (nSPS) is 11.2. The fraction of sp³-hybridized carbons (Fsp3) is 0.0500. The molecule has 6 heteroatoms. The van der Waals surface area contributed by atoms with Crippen LogP contribution in [0.2, 0.25) is 0 Å². The first-order valence-electron chi connectivity index (χ1n) is 7.91. The van der Waals surface area contributed by atoms with E-state index in [-0.39, 0.29) is 11.6 Å². The highest BCUT2D eigenvalue weighted by Gasteiger charge is 2.16. The van der Waals surface area contributed by atoms with Gasteiger partial charge in [0.05, 0.1) is 22.4 Å². The van der Waals surface area contributed by atoms with Crippen LogP contribution in [-0.2, 0) is 4.79 Å². The lowest BCUT2D eigenvalue weighted by atomic mass is 10.0. The summed E-state index contributed by atoms with van der Waals surface area (Å²) in [6, 6.07) is 17.0. The van der Waals surface area contributed by atoms with Crippen molar-refractivity contribution in [3.8, 4) is 0 Å². The van der Waals surface area contributed by atoms with Crippen LogP contribution in [0.5, 0.6) is 0 Å². The van der Waals surface area contributed by atoms with Gasteiger partial charge >= 0.3 is 0 Å². The summed E-state index contributed by atoms with van der Waals surface area (Å²) < 4.78 is 5.31. The number of rotatable bonds is 5. The van der Waals surface area contributed by atoms with Gasteiger partial charge in [0.15, 0.2) is 0 Å². The minimum atomic E-state index is -0.494. The Morgan fingerprint density at radius 1 is 1.12 bits per heavy atom. The Morgan fingerprint density at radius 2 is 1.88 bits per heavy atom. The molecule has 3 rings (SSSR count). The number of non-ortho nitro benzene ring substituents is 1. The molecule has 0 saturated carbocycles. The monoisotopic (exact) mass is 348 g/mol. The predicted octanol–water partition coefficient (Wildman–Crippen LogP) is 4.68. The number of nitrogens with one attached hydrogen (secondary N) is 1. The minimum Gasteiger partial charge on any atom is -0.465 e. The highest BCUT2D eigenvalue weighted by molar-refractivity contribution is 6.29. The zero-order chi connectivity index (χ0) is 18.5. The van der Waals surface area contributed by atoms with Crippen LogP contribution in [0, 0.1) is 17.0 Å². The van der Waals surface area contributed by atoms with Crippen molar-refractivity contribution in [2.24, 2.45) is 0 Å².